The summed E-state index contributed by atoms with van der Waals surface area (Å²) in [6.07, 6.45) is 2.50. The molecule has 6 nitrogen and oxygen atoms in total. The predicted octanol–water partition coefficient (Wildman–Crippen LogP) is 2.30. The average molecular weight is 291 g/mol. The summed E-state index contributed by atoms with van der Waals surface area (Å²) in [7, 11) is 0. The lowest BCUT2D eigenvalue weighted by Crippen LogP contribution is -2.11. The Balaban J connectivity index is 1.82. The van der Waals surface area contributed by atoms with Crippen LogP contribution in [0.4, 0.5) is 5.69 Å². The minimum atomic E-state index is -0.477. The first-order chi connectivity index (χ1) is 10.1. The van der Waals surface area contributed by atoms with E-state index in [1.54, 1.807) is 18.2 Å². The molecular weight excluding hydrogens is 274 g/mol. The molecular formula is C15H17NO5. The van der Waals surface area contributed by atoms with Gasteiger partial charge in [-0.1, -0.05) is 6.08 Å². The zero-order chi connectivity index (χ0) is 15.2. The number of carbonyl (C=O) groups is 2. The van der Waals surface area contributed by atoms with Gasteiger partial charge in [0, 0.05) is 12.1 Å². The molecule has 21 heavy (non-hydrogen) atoms. The number of rotatable bonds is 7. The van der Waals surface area contributed by atoms with Crippen molar-refractivity contribution in [2.45, 2.75) is 31.8 Å². The fraction of sp³-hybridized carbons (Fsp3) is 0.333. The maximum atomic E-state index is 11.7. The standard InChI is InChI=1S/C15H17NO5/c1-2-11(21-19)4-3-5-15(18)20-12-6-7-13-10(8-12)9-14(17)16-13/h2,6-8,11,19H,1,3-5,9H2,(H,16,17). The van der Waals surface area contributed by atoms with Crippen LogP contribution in [0.3, 0.4) is 0 Å². The Morgan fingerprint density at radius 3 is 3.05 bits per heavy atom. The van der Waals surface area contributed by atoms with E-state index in [9.17, 15) is 9.59 Å². The minimum absolute atomic E-state index is 0.0621. The molecule has 0 aliphatic carbocycles. The maximum Gasteiger partial charge on any atom is 0.311 e. The Labute approximate surface area is 122 Å². The number of nitrogens with one attached hydrogen (secondary N) is 1. The topological polar surface area (TPSA) is 84.9 Å². The lowest BCUT2D eigenvalue weighted by atomic mass is 10.1. The van der Waals surface area contributed by atoms with E-state index in [1.807, 2.05) is 0 Å². The molecule has 0 bridgehead atoms. The molecule has 1 aliphatic heterocycles. The summed E-state index contributed by atoms with van der Waals surface area (Å²) in [5.41, 5.74) is 1.58. The maximum absolute atomic E-state index is 11.7. The van der Waals surface area contributed by atoms with Gasteiger partial charge in [-0.15, -0.1) is 6.58 Å². The van der Waals surface area contributed by atoms with E-state index in [-0.39, 0.29) is 18.3 Å². The van der Waals surface area contributed by atoms with Gasteiger partial charge in [-0.25, -0.2) is 4.89 Å². The molecule has 0 fully saturated rings. The van der Waals surface area contributed by atoms with Crippen LogP contribution in [0.25, 0.3) is 0 Å². The van der Waals surface area contributed by atoms with Crippen LogP contribution >= 0.6 is 0 Å². The summed E-state index contributed by atoms with van der Waals surface area (Å²) in [5, 5.41) is 11.2. The average Bonchev–Trinajstić information content (AvgIpc) is 2.83. The van der Waals surface area contributed by atoms with Gasteiger partial charge in [-0.05, 0) is 36.6 Å². The highest BCUT2D eigenvalue weighted by Crippen LogP contribution is 2.27. The summed E-state index contributed by atoms with van der Waals surface area (Å²) in [4.78, 5) is 27.1. The van der Waals surface area contributed by atoms with Crippen LogP contribution in [0.5, 0.6) is 5.75 Å². The molecule has 112 valence electrons. The Hall–Kier alpha value is -2.18. The Kier molecular flexibility index (Phi) is 5.08. The Morgan fingerprint density at radius 1 is 1.52 bits per heavy atom. The van der Waals surface area contributed by atoms with E-state index in [0.717, 1.165) is 11.3 Å². The number of fused-ring (bicyclic) bond motifs is 1. The Bertz CT molecular complexity index is 555. The van der Waals surface area contributed by atoms with Gasteiger partial charge >= 0.3 is 5.97 Å². The van der Waals surface area contributed by atoms with E-state index < -0.39 is 6.10 Å². The normalized spacial score (nSPS) is 14.2. The number of esters is 1. The summed E-state index contributed by atoms with van der Waals surface area (Å²) in [6.45, 7) is 3.50. The SMILES string of the molecule is C=CC(CCCC(=O)Oc1ccc2c(c1)CC(=O)N2)OO. The summed E-state index contributed by atoms with van der Waals surface area (Å²) < 4.78 is 5.22. The predicted molar refractivity (Wildman–Crippen MR) is 76.0 cm³/mol. The second-order valence-electron chi connectivity index (χ2n) is 4.79. The Morgan fingerprint density at radius 2 is 2.33 bits per heavy atom. The molecule has 6 heteroatoms. The highest BCUT2D eigenvalue weighted by molar-refractivity contribution is 5.99. The van der Waals surface area contributed by atoms with Gasteiger partial charge < -0.3 is 10.1 Å². The van der Waals surface area contributed by atoms with Gasteiger partial charge in [-0.2, -0.15) is 0 Å². The molecule has 1 aliphatic rings. The van der Waals surface area contributed by atoms with E-state index in [2.05, 4.69) is 16.8 Å². The minimum Gasteiger partial charge on any atom is -0.427 e. The summed E-state index contributed by atoms with van der Waals surface area (Å²) in [5.74, 6) is -0.00476. The van der Waals surface area contributed by atoms with Gasteiger partial charge in [0.2, 0.25) is 5.91 Å². The first-order valence-electron chi connectivity index (χ1n) is 6.68. The van der Waals surface area contributed by atoms with Gasteiger partial charge in [0.15, 0.2) is 0 Å². The number of hydrogen-bond donors (Lipinski definition) is 2. The quantitative estimate of drug-likeness (QED) is 0.265. The third-order valence-electron chi connectivity index (χ3n) is 3.20. The molecule has 2 N–H and O–H groups in total. The van der Waals surface area contributed by atoms with E-state index >= 15 is 0 Å². The molecule has 1 aromatic carbocycles. The molecule has 2 rings (SSSR count). The van der Waals surface area contributed by atoms with Crippen molar-refractivity contribution in [2.24, 2.45) is 0 Å². The number of anilines is 1. The van der Waals surface area contributed by atoms with Crippen LogP contribution in [0.2, 0.25) is 0 Å². The van der Waals surface area contributed by atoms with E-state index in [4.69, 9.17) is 9.99 Å². The van der Waals surface area contributed by atoms with E-state index in [1.165, 1.54) is 6.08 Å². The monoisotopic (exact) mass is 291 g/mol. The van der Waals surface area contributed by atoms with Crippen molar-refractivity contribution < 1.29 is 24.5 Å². The number of amides is 1. The molecule has 1 amide bonds. The van der Waals surface area contributed by atoms with Gasteiger partial charge in [0.25, 0.3) is 0 Å². The molecule has 1 atom stereocenters. The summed E-state index contributed by atoms with van der Waals surface area (Å²) in [6, 6.07) is 5.05. The van der Waals surface area contributed by atoms with Crippen LogP contribution in [0.1, 0.15) is 24.8 Å². The van der Waals surface area contributed by atoms with Crippen molar-refractivity contribution in [3.63, 3.8) is 0 Å². The number of benzene rings is 1. The van der Waals surface area contributed by atoms with Crippen molar-refractivity contribution in [1.82, 2.24) is 0 Å². The third-order valence-corrected chi connectivity index (χ3v) is 3.20. The lowest BCUT2D eigenvalue weighted by Gasteiger charge is -2.08. The van der Waals surface area contributed by atoms with Gasteiger partial charge in [0.1, 0.15) is 11.9 Å². The van der Waals surface area contributed by atoms with Crippen LogP contribution in [-0.4, -0.2) is 23.2 Å². The third kappa shape index (κ3) is 4.14. The fourth-order valence-electron chi connectivity index (χ4n) is 2.11. The molecule has 1 aromatic rings. The van der Waals surface area contributed by atoms with Crippen LogP contribution < -0.4 is 10.1 Å². The largest absolute Gasteiger partial charge is 0.427 e. The lowest BCUT2D eigenvalue weighted by molar-refractivity contribution is -0.267. The van der Waals surface area contributed by atoms with Crippen LogP contribution in [0, 0.1) is 0 Å². The molecule has 0 saturated heterocycles. The number of hydrogen-bond acceptors (Lipinski definition) is 5. The second-order valence-corrected chi connectivity index (χ2v) is 4.79. The first-order valence-corrected chi connectivity index (χ1v) is 6.68. The number of carbonyl (C=O) groups excluding carboxylic acids is 2. The zero-order valence-corrected chi connectivity index (χ0v) is 11.5. The fourth-order valence-corrected chi connectivity index (χ4v) is 2.11. The van der Waals surface area contributed by atoms with Crippen molar-refractivity contribution in [1.29, 1.82) is 0 Å². The smallest absolute Gasteiger partial charge is 0.311 e. The van der Waals surface area contributed by atoms with Crippen molar-refractivity contribution in [3.05, 3.63) is 36.4 Å². The molecule has 1 heterocycles. The molecule has 1 unspecified atom stereocenters. The number of ether oxygens (including phenoxy) is 1. The van der Waals surface area contributed by atoms with Crippen molar-refractivity contribution >= 4 is 17.6 Å². The molecule has 0 aromatic heterocycles. The van der Waals surface area contributed by atoms with Crippen LogP contribution in [-0.2, 0) is 20.9 Å². The first kappa shape index (κ1) is 15.2. The summed E-state index contributed by atoms with van der Waals surface area (Å²) >= 11 is 0. The van der Waals surface area contributed by atoms with Gasteiger partial charge in [0.05, 0.1) is 6.42 Å². The highest BCUT2D eigenvalue weighted by Gasteiger charge is 2.18. The molecule has 0 spiro atoms. The van der Waals surface area contributed by atoms with E-state index in [0.29, 0.717) is 25.0 Å². The zero-order valence-electron chi connectivity index (χ0n) is 11.5. The highest BCUT2D eigenvalue weighted by atomic mass is 17.1. The van der Waals surface area contributed by atoms with Crippen LogP contribution in [0.15, 0.2) is 30.9 Å². The molecule has 0 radical (unpaired) electrons. The molecule has 0 saturated carbocycles. The van der Waals surface area contributed by atoms with Crippen molar-refractivity contribution in [2.75, 3.05) is 5.32 Å². The second kappa shape index (κ2) is 7.01. The van der Waals surface area contributed by atoms with Crippen molar-refractivity contribution in [3.8, 4) is 5.75 Å². The van der Waals surface area contributed by atoms with Gasteiger partial charge in [-0.3, -0.25) is 14.8 Å².